The molecular formula is C12H14N2O3S. The molecule has 1 saturated heterocycles. The number of ether oxygens (including phenoxy) is 1. The summed E-state index contributed by atoms with van der Waals surface area (Å²) < 4.78 is 4.71. The van der Waals surface area contributed by atoms with Crippen LogP contribution in [0, 0.1) is 6.92 Å². The minimum absolute atomic E-state index is 0.183. The van der Waals surface area contributed by atoms with Crippen LogP contribution in [0.2, 0.25) is 0 Å². The highest BCUT2D eigenvalue weighted by molar-refractivity contribution is 8.00. The van der Waals surface area contributed by atoms with Crippen LogP contribution in [-0.2, 0) is 9.53 Å². The van der Waals surface area contributed by atoms with Crippen molar-refractivity contribution in [3.63, 3.8) is 0 Å². The minimum atomic E-state index is -0.558. The summed E-state index contributed by atoms with van der Waals surface area (Å²) in [4.78, 5) is 25.0. The summed E-state index contributed by atoms with van der Waals surface area (Å²) in [6, 6.07) is 5.65. The van der Waals surface area contributed by atoms with Crippen molar-refractivity contribution in [1.29, 1.82) is 0 Å². The Hall–Kier alpha value is -1.69. The molecule has 18 heavy (non-hydrogen) atoms. The zero-order valence-corrected chi connectivity index (χ0v) is 10.8. The molecule has 0 aromatic heterocycles. The van der Waals surface area contributed by atoms with Gasteiger partial charge in [-0.15, -0.1) is 11.8 Å². The highest BCUT2D eigenvalue weighted by Crippen LogP contribution is 2.26. The van der Waals surface area contributed by atoms with Gasteiger partial charge < -0.3 is 10.5 Å². The number of nitrogen functional groups attached to an aromatic ring is 1. The largest absolute Gasteiger partial charge is 0.447 e. The molecule has 2 rings (SSSR count). The number of hydrogen-bond donors (Lipinski definition) is 1. The number of imide groups is 1. The number of hydrogen-bond acceptors (Lipinski definition) is 5. The van der Waals surface area contributed by atoms with E-state index < -0.39 is 6.09 Å². The molecule has 0 saturated carbocycles. The van der Waals surface area contributed by atoms with E-state index in [1.165, 1.54) is 11.8 Å². The fourth-order valence-corrected chi connectivity index (χ4v) is 2.54. The maximum absolute atomic E-state index is 11.8. The van der Waals surface area contributed by atoms with E-state index in [1.54, 1.807) is 0 Å². The zero-order chi connectivity index (χ0) is 13.1. The van der Waals surface area contributed by atoms with E-state index in [2.05, 4.69) is 0 Å². The first-order chi connectivity index (χ1) is 8.58. The van der Waals surface area contributed by atoms with Gasteiger partial charge in [-0.2, -0.15) is 0 Å². The van der Waals surface area contributed by atoms with E-state index in [1.807, 2.05) is 25.1 Å². The summed E-state index contributed by atoms with van der Waals surface area (Å²) in [5.41, 5.74) is 7.54. The van der Waals surface area contributed by atoms with Crippen LogP contribution >= 0.6 is 11.8 Å². The lowest BCUT2D eigenvalue weighted by atomic mass is 10.2. The second-order valence-electron chi connectivity index (χ2n) is 3.99. The van der Waals surface area contributed by atoms with Crippen molar-refractivity contribution in [3.8, 4) is 0 Å². The molecule has 0 spiro atoms. The van der Waals surface area contributed by atoms with Gasteiger partial charge in [-0.1, -0.05) is 6.07 Å². The van der Waals surface area contributed by atoms with Gasteiger partial charge in [0.05, 0.1) is 12.3 Å². The summed E-state index contributed by atoms with van der Waals surface area (Å²) >= 11 is 1.33. The van der Waals surface area contributed by atoms with Crippen molar-refractivity contribution < 1.29 is 14.3 Å². The first kappa shape index (κ1) is 12.8. The molecule has 1 heterocycles. The van der Waals surface area contributed by atoms with Crippen molar-refractivity contribution in [1.82, 2.24) is 4.90 Å². The fourth-order valence-electron chi connectivity index (χ4n) is 1.60. The average Bonchev–Trinajstić information content (AvgIpc) is 2.76. The number of rotatable bonds is 3. The molecule has 0 atom stereocenters. The molecule has 1 aliphatic heterocycles. The molecule has 2 N–H and O–H groups in total. The van der Waals surface area contributed by atoms with Gasteiger partial charge in [-0.05, 0) is 24.6 Å². The van der Waals surface area contributed by atoms with Crippen LogP contribution in [0.15, 0.2) is 23.1 Å². The van der Waals surface area contributed by atoms with Gasteiger partial charge >= 0.3 is 6.09 Å². The molecule has 0 radical (unpaired) electrons. The number of thioether (sulfide) groups is 1. The maximum Gasteiger partial charge on any atom is 0.416 e. The average molecular weight is 266 g/mol. The molecular weight excluding hydrogens is 252 g/mol. The molecule has 96 valence electrons. The van der Waals surface area contributed by atoms with Crippen LogP contribution in [0.5, 0.6) is 0 Å². The Bertz CT molecular complexity index is 490. The normalized spacial score (nSPS) is 14.7. The van der Waals surface area contributed by atoms with Gasteiger partial charge in [-0.25, -0.2) is 9.69 Å². The number of benzene rings is 1. The summed E-state index contributed by atoms with van der Waals surface area (Å²) in [5, 5.41) is 0. The van der Waals surface area contributed by atoms with Gasteiger partial charge in [0.2, 0.25) is 5.91 Å². The fraction of sp³-hybridized carbons (Fsp3) is 0.333. The van der Waals surface area contributed by atoms with E-state index >= 15 is 0 Å². The van der Waals surface area contributed by atoms with E-state index in [9.17, 15) is 9.59 Å². The first-order valence-corrected chi connectivity index (χ1v) is 6.52. The summed E-state index contributed by atoms with van der Waals surface area (Å²) in [6.07, 6.45) is -0.558. The lowest BCUT2D eigenvalue weighted by Crippen LogP contribution is -2.32. The van der Waals surface area contributed by atoms with E-state index in [-0.39, 0.29) is 18.3 Å². The van der Waals surface area contributed by atoms with E-state index in [4.69, 9.17) is 10.5 Å². The standard InChI is InChI=1S/C12H14N2O3S/c1-8-2-3-9(13)10(6-8)18-7-11(15)14-4-5-17-12(14)16/h2-3,6H,4-5,7,13H2,1H3. The van der Waals surface area contributed by atoms with Crippen LogP contribution < -0.4 is 5.73 Å². The van der Waals surface area contributed by atoms with Crippen LogP contribution in [0.1, 0.15) is 5.56 Å². The molecule has 5 nitrogen and oxygen atoms in total. The molecule has 1 fully saturated rings. The van der Waals surface area contributed by atoms with Gasteiger partial charge in [-0.3, -0.25) is 4.79 Å². The SMILES string of the molecule is Cc1ccc(N)c(SCC(=O)N2CCOC2=O)c1. The molecule has 1 aliphatic rings. The number of amides is 2. The summed E-state index contributed by atoms with van der Waals surface area (Å²) in [5.74, 6) is -0.0636. The minimum Gasteiger partial charge on any atom is -0.447 e. The summed E-state index contributed by atoms with van der Waals surface area (Å²) in [7, 11) is 0. The third-order valence-electron chi connectivity index (χ3n) is 2.58. The molecule has 6 heteroatoms. The predicted octanol–water partition coefficient (Wildman–Crippen LogP) is 1.65. The lowest BCUT2D eigenvalue weighted by Gasteiger charge is -2.11. The molecule has 0 bridgehead atoms. The Balaban J connectivity index is 1.97. The smallest absolute Gasteiger partial charge is 0.416 e. The number of carbonyl (C=O) groups excluding carboxylic acids is 2. The Morgan fingerprint density at radius 3 is 3.00 bits per heavy atom. The third kappa shape index (κ3) is 2.76. The van der Waals surface area contributed by atoms with Crippen molar-refractivity contribution in [2.24, 2.45) is 0 Å². The maximum atomic E-state index is 11.8. The van der Waals surface area contributed by atoms with E-state index in [0.717, 1.165) is 15.4 Å². The predicted molar refractivity (Wildman–Crippen MR) is 69.4 cm³/mol. The van der Waals surface area contributed by atoms with Crippen LogP contribution in [-0.4, -0.2) is 35.8 Å². The van der Waals surface area contributed by atoms with Crippen molar-refractivity contribution in [2.45, 2.75) is 11.8 Å². The molecule has 1 aromatic rings. The third-order valence-corrected chi connectivity index (χ3v) is 3.64. The number of carbonyl (C=O) groups is 2. The lowest BCUT2D eigenvalue weighted by molar-refractivity contribution is -0.124. The van der Waals surface area contributed by atoms with Gasteiger partial charge in [0.15, 0.2) is 0 Å². The first-order valence-electron chi connectivity index (χ1n) is 5.54. The van der Waals surface area contributed by atoms with Gasteiger partial charge in [0.1, 0.15) is 6.61 Å². The van der Waals surface area contributed by atoms with Crippen LogP contribution in [0.3, 0.4) is 0 Å². The second kappa shape index (κ2) is 5.30. The molecule has 2 amide bonds. The molecule has 1 aromatic carbocycles. The number of anilines is 1. The molecule has 0 aliphatic carbocycles. The Kier molecular flexibility index (Phi) is 3.76. The number of cyclic esters (lactones) is 1. The van der Waals surface area contributed by atoms with Gasteiger partial charge in [0, 0.05) is 10.6 Å². The Morgan fingerprint density at radius 1 is 1.56 bits per heavy atom. The monoisotopic (exact) mass is 266 g/mol. The van der Waals surface area contributed by atoms with Gasteiger partial charge in [0.25, 0.3) is 0 Å². The van der Waals surface area contributed by atoms with Crippen molar-refractivity contribution >= 4 is 29.4 Å². The Morgan fingerprint density at radius 2 is 2.33 bits per heavy atom. The summed E-state index contributed by atoms with van der Waals surface area (Å²) in [6.45, 7) is 2.58. The number of nitrogens with two attached hydrogens (primary N) is 1. The van der Waals surface area contributed by atoms with Crippen LogP contribution in [0.25, 0.3) is 0 Å². The highest BCUT2D eigenvalue weighted by atomic mass is 32.2. The van der Waals surface area contributed by atoms with Crippen molar-refractivity contribution in [2.75, 3.05) is 24.6 Å². The quantitative estimate of drug-likeness (QED) is 0.665. The highest BCUT2D eigenvalue weighted by Gasteiger charge is 2.28. The van der Waals surface area contributed by atoms with Crippen LogP contribution in [0.4, 0.5) is 10.5 Å². The second-order valence-corrected chi connectivity index (χ2v) is 5.01. The molecule has 0 unspecified atom stereocenters. The van der Waals surface area contributed by atoms with Crippen molar-refractivity contribution in [3.05, 3.63) is 23.8 Å². The number of nitrogens with zero attached hydrogens (tertiary/aromatic N) is 1. The zero-order valence-electron chi connectivity index (χ0n) is 10.0. The number of aryl methyl sites for hydroxylation is 1. The van der Waals surface area contributed by atoms with E-state index in [0.29, 0.717) is 12.2 Å². The topological polar surface area (TPSA) is 72.6 Å². The Labute approximate surface area is 109 Å².